The number of nitrogens with two attached hydrogens (primary N) is 2. The van der Waals surface area contributed by atoms with Crippen LogP contribution in [0, 0.1) is 6.92 Å². The van der Waals surface area contributed by atoms with Gasteiger partial charge in [-0.2, -0.15) is 0 Å². The van der Waals surface area contributed by atoms with Gasteiger partial charge in [-0.15, -0.1) is 10.2 Å². The highest BCUT2D eigenvalue weighted by Gasteiger charge is 2.07. The first kappa shape index (κ1) is 12.8. The summed E-state index contributed by atoms with van der Waals surface area (Å²) in [5.74, 6) is 0.222. The second-order valence-corrected chi connectivity index (χ2v) is 6.06. The van der Waals surface area contributed by atoms with Gasteiger partial charge in [0.05, 0.1) is 0 Å². The lowest BCUT2D eigenvalue weighted by Gasteiger charge is -2.05. The van der Waals surface area contributed by atoms with Crippen LogP contribution in [-0.4, -0.2) is 16.1 Å². The molecule has 0 atom stereocenters. The van der Waals surface area contributed by atoms with E-state index >= 15 is 0 Å². The Labute approximate surface area is 113 Å². The number of hydrogen-bond acceptors (Lipinski definition) is 6. The number of anilines is 1. The number of amides is 1. The van der Waals surface area contributed by atoms with Crippen LogP contribution in [0.5, 0.6) is 0 Å². The highest BCUT2D eigenvalue weighted by Crippen LogP contribution is 2.28. The van der Waals surface area contributed by atoms with Crippen LogP contribution in [0.3, 0.4) is 0 Å². The number of nitrogens with zero attached hydrogens (tertiary/aromatic N) is 2. The lowest BCUT2D eigenvalue weighted by atomic mass is 10.1. The summed E-state index contributed by atoms with van der Waals surface area (Å²) in [6.45, 7) is 1.91. The van der Waals surface area contributed by atoms with E-state index in [4.69, 9.17) is 11.5 Å². The number of rotatable bonds is 4. The fraction of sp³-hybridized carbons (Fsp3) is 0.182. The van der Waals surface area contributed by atoms with Crippen molar-refractivity contribution in [3.63, 3.8) is 0 Å². The average molecular weight is 280 g/mol. The maximum atomic E-state index is 11.0. The molecule has 0 bridgehead atoms. The molecule has 1 amide bonds. The Balaban J connectivity index is 2.08. The third kappa shape index (κ3) is 2.99. The maximum absolute atomic E-state index is 11.0. The number of benzene rings is 1. The number of carbonyl (C=O) groups excluding carboxylic acids is 1. The molecule has 2 rings (SSSR count). The highest BCUT2D eigenvalue weighted by molar-refractivity contribution is 8.00. The Morgan fingerprint density at radius 1 is 1.44 bits per heavy atom. The molecular formula is C11H12N4OS2. The van der Waals surface area contributed by atoms with Crippen molar-refractivity contribution in [3.8, 4) is 0 Å². The zero-order valence-corrected chi connectivity index (χ0v) is 11.3. The fourth-order valence-corrected chi connectivity index (χ4v) is 3.19. The summed E-state index contributed by atoms with van der Waals surface area (Å²) in [4.78, 5) is 11.0. The topological polar surface area (TPSA) is 94.9 Å². The van der Waals surface area contributed by atoms with E-state index in [-0.39, 0.29) is 0 Å². The molecule has 0 aliphatic carbocycles. The molecule has 0 aliphatic rings. The lowest BCUT2D eigenvalue weighted by Crippen LogP contribution is -2.11. The number of thioether (sulfide) groups is 1. The Morgan fingerprint density at radius 2 is 2.22 bits per heavy atom. The lowest BCUT2D eigenvalue weighted by molar-refractivity contribution is 0.100. The zero-order valence-electron chi connectivity index (χ0n) is 9.71. The number of primary amides is 1. The fourth-order valence-electron chi connectivity index (χ4n) is 1.36. The Kier molecular flexibility index (Phi) is 3.83. The van der Waals surface area contributed by atoms with Crippen molar-refractivity contribution in [3.05, 3.63) is 34.3 Å². The molecule has 1 aromatic carbocycles. The molecule has 0 aliphatic heterocycles. The summed E-state index contributed by atoms with van der Waals surface area (Å²) in [6, 6.07) is 5.10. The third-order valence-electron chi connectivity index (χ3n) is 2.29. The number of nitrogen functional groups attached to an aromatic ring is 1. The van der Waals surface area contributed by atoms with Gasteiger partial charge in [-0.3, -0.25) is 4.79 Å². The molecule has 2 aromatic rings. The van der Waals surface area contributed by atoms with E-state index in [0.717, 1.165) is 14.9 Å². The Morgan fingerprint density at radius 3 is 2.78 bits per heavy atom. The zero-order chi connectivity index (χ0) is 13.1. The summed E-state index contributed by atoms with van der Waals surface area (Å²) >= 11 is 3.12. The van der Waals surface area contributed by atoms with Crippen LogP contribution < -0.4 is 11.5 Å². The van der Waals surface area contributed by atoms with Gasteiger partial charge in [0.25, 0.3) is 0 Å². The molecule has 4 N–H and O–H groups in total. The van der Waals surface area contributed by atoms with Gasteiger partial charge >= 0.3 is 0 Å². The van der Waals surface area contributed by atoms with E-state index in [2.05, 4.69) is 10.2 Å². The quantitative estimate of drug-likeness (QED) is 0.658. The molecule has 0 saturated carbocycles. The van der Waals surface area contributed by atoms with Gasteiger partial charge < -0.3 is 11.5 Å². The van der Waals surface area contributed by atoms with E-state index in [1.165, 1.54) is 0 Å². The molecule has 0 fully saturated rings. The van der Waals surface area contributed by atoms with Crippen LogP contribution in [-0.2, 0) is 5.75 Å². The highest BCUT2D eigenvalue weighted by atomic mass is 32.2. The van der Waals surface area contributed by atoms with Crippen molar-refractivity contribution < 1.29 is 4.79 Å². The van der Waals surface area contributed by atoms with E-state index in [1.807, 2.05) is 13.0 Å². The summed E-state index contributed by atoms with van der Waals surface area (Å²) in [5, 5.41) is 8.91. The number of hydrogen-bond donors (Lipinski definition) is 2. The molecule has 18 heavy (non-hydrogen) atoms. The van der Waals surface area contributed by atoms with Crippen LogP contribution in [0.4, 0.5) is 5.69 Å². The molecule has 0 saturated heterocycles. The van der Waals surface area contributed by atoms with Crippen LogP contribution in [0.2, 0.25) is 0 Å². The molecule has 0 spiro atoms. The second-order valence-electron chi connectivity index (χ2n) is 3.65. The van der Waals surface area contributed by atoms with Crippen LogP contribution in [0.25, 0.3) is 0 Å². The van der Waals surface area contributed by atoms with Gasteiger partial charge in [0.1, 0.15) is 5.01 Å². The molecule has 0 unspecified atom stereocenters. The Bertz CT molecular complexity index is 582. The molecule has 0 radical (unpaired) electrons. The van der Waals surface area contributed by atoms with Crippen molar-refractivity contribution in [2.24, 2.45) is 5.73 Å². The number of carbonyl (C=O) groups is 1. The summed E-state index contributed by atoms with van der Waals surface area (Å²) in [7, 11) is 0. The van der Waals surface area contributed by atoms with Crippen molar-refractivity contribution in [1.82, 2.24) is 10.2 Å². The monoisotopic (exact) mass is 280 g/mol. The first-order valence-electron chi connectivity index (χ1n) is 5.17. The molecule has 1 heterocycles. The number of aryl methyl sites for hydroxylation is 1. The van der Waals surface area contributed by atoms with Gasteiger partial charge in [-0.25, -0.2) is 0 Å². The normalized spacial score (nSPS) is 10.5. The minimum atomic E-state index is -0.472. The first-order chi connectivity index (χ1) is 8.56. The largest absolute Gasteiger partial charge is 0.398 e. The van der Waals surface area contributed by atoms with E-state index in [9.17, 15) is 4.79 Å². The van der Waals surface area contributed by atoms with Crippen LogP contribution in [0.15, 0.2) is 22.5 Å². The summed E-state index contributed by atoms with van der Waals surface area (Å²) in [6.07, 6.45) is 0. The molecule has 1 aromatic heterocycles. The second kappa shape index (κ2) is 5.36. The Hall–Kier alpha value is -1.60. The molecule has 94 valence electrons. The minimum Gasteiger partial charge on any atom is -0.398 e. The average Bonchev–Trinajstić information content (AvgIpc) is 2.73. The number of aromatic nitrogens is 2. The van der Waals surface area contributed by atoms with Gasteiger partial charge in [-0.05, 0) is 24.6 Å². The van der Waals surface area contributed by atoms with Gasteiger partial charge in [-0.1, -0.05) is 29.2 Å². The van der Waals surface area contributed by atoms with Crippen molar-refractivity contribution in [1.29, 1.82) is 0 Å². The molecule has 5 nitrogen and oxygen atoms in total. The summed E-state index contributed by atoms with van der Waals surface area (Å²) < 4.78 is 0.908. The van der Waals surface area contributed by atoms with E-state index < -0.39 is 5.91 Å². The van der Waals surface area contributed by atoms with Crippen LogP contribution in [0.1, 0.15) is 20.9 Å². The summed E-state index contributed by atoms with van der Waals surface area (Å²) in [5.41, 5.74) is 13.0. The standard InChI is InChI=1S/C11H12N4OS2/c1-6-14-15-11(18-6)17-5-8-3-2-7(10(13)16)4-9(8)12/h2-4H,5,12H2,1H3,(H2,13,16). The van der Waals surface area contributed by atoms with Gasteiger partial charge in [0.15, 0.2) is 4.34 Å². The van der Waals surface area contributed by atoms with Crippen molar-refractivity contribution >= 4 is 34.7 Å². The van der Waals surface area contributed by atoms with Crippen LogP contribution >= 0.6 is 23.1 Å². The van der Waals surface area contributed by atoms with Gasteiger partial charge in [0.2, 0.25) is 5.91 Å². The van der Waals surface area contributed by atoms with E-state index in [1.54, 1.807) is 35.2 Å². The molecule has 7 heteroatoms. The van der Waals surface area contributed by atoms with Crippen molar-refractivity contribution in [2.75, 3.05) is 5.73 Å². The van der Waals surface area contributed by atoms with Crippen molar-refractivity contribution in [2.45, 2.75) is 17.0 Å². The maximum Gasteiger partial charge on any atom is 0.248 e. The molecular weight excluding hydrogens is 268 g/mol. The third-order valence-corrected chi connectivity index (χ3v) is 4.31. The minimum absolute atomic E-state index is 0.424. The van der Waals surface area contributed by atoms with E-state index in [0.29, 0.717) is 17.0 Å². The predicted octanol–water partition coefficient (Wildman–Crippen LogP) is 1.82. The SMILES string of the molecule is Cc1nnc(SCc2ccc(C(N)=O)cc2N)s1. The smallest absolute Gasteiger partial charge is 0.248 e. The predicted molar refractivity (Wildman–Crippen MR) is 73.6 cm³/mol. The first-order valence-corrected chi connectivity index (χ1v) is 6.97. The van der Waals surface area contributed by atoms with Gasteiger partial charge in [0, 0.05) is 17.0 Å².